The monoisotopic (exact) mass is 362 g/mol. The molecule has 2 aliphatic heterocycles. The normalized spacial score (nSPS) is 20.9. The molecule has 1 fully saturated rings. The number of amides is 1. The van der Waals surface area contributed by atoms with Gasteiger partial charge < -0.3 is 0 Å². The van der Waals surface area contributed by atoms with Gasteiger partial charge in [-0.2, -0.15) is 5.10 Å². The van der Waals surface area contributed by atoms with E-state index in [0.717, 1.165) is 44.7 Å². The second-order valence-corrected chi connectivity index (χ2v) is 7.24. The summed E-state index contributed by atoms with van der Waals surface area (Å²) >= 11 is 0. The Bertz CT molecular complexity index is 769. The number of piperazine rings is 1. The highest BCUT2D eigenvalue weighted by Gasteiger charge is 2.29. The molecule has 1 atom stereocenters. The molecule has 27 heavy (non-hydrogen) atoms. The minimum absolute atomic E-state index is 0.0399. The summed E-state index contributed by atoms with van der Waals surface area (Å²) in [5.74, 6) is 0.0918. The first kappa shape index (κ1) is 17.9. The molecule has 1 amide bonds. The Hall–Kier alpha value is -2.50. The fraction of sp³-hybridized carbons (Fsp3) is 0.364. The molecule has 0 bridgehead atoms. The largest absolute Gasteiger partial charge is 0.297 e. The third kappa shape index (κ3) is 4.43. The summed E-state index contributed by atoms with van der Waals surface area (Å²) in [6, 6.07) is 20.8. The lowest BCUT2D eigenvalue weighted by atomic mass is 10.0. The second kappa shape index (κ2) is 8.46. The maximum atomic E-state index is 12.8. The Labute approximate surface area is 160 Å². The molecule has 0 N–H and O–H groups in total. The molecule has 2 aromatic carbocycles. The van der Waals surface area contributed by atoms with Gasteiger partial charge in [-0.05, 0) is 11.1 Å². The highest BCUT2D eigenvalue weighted by atomic mass is 16.2. The lowest BCUT2D eigenvalue weighted by molar-refractivity contribution is -0.134. The summed E-state index contributed by atoms with van der Waals surface area (Å²) in [6.07, 6.45) is 2.65. The van der Waals surface area contributed by atoms with Crippen molar-refractivity contribution in [2.75, 3.05) is 32.7 Å². The molecule has 5 heteroatoms. The van der Waals surface area contributed by atoms with E-state index in [-0.39, 0.29) is 11.9 Å². The van der Waals surface area contributed by atoms with E-state index in [9.17, 15) is 4.79 Å². The highest BCUT2D eigenvalue weighted by Crippen LogP contribution is 2.28. The van der Waals surface area contributed by atoms with Crippen molar-refractivity contribution < 1.29 is 4.79 Å². The number of hydrazone groups is 1. The Morgan fingerprint density at radius 1 is 0.889 bits per heavy atom. The molecule has 2 aliphatic rings. The molecule has 0 spiro atoms. The predicted molar refractivity (Wildman–Crippen MR) is 107 cm³/mol. The molecule has 5 nitrogen and oxygen atoms in total. The first-order chi connectivity index (χ1) is 13.3. The average Bonchev–Trinajstić information content (AvgIpc) is 3.21. The summed E-state index contributed by atoms with van der Waals surface area (Å²) in [5, 5.41) is 6.02. The van der Waals surface area contributed by atoms with E-state index in [4.69, 9.17) is 0 Å². The van der Waals surface area contributed by atoms with Gasteiger partial charge in [-0.1, -0.05) is 60.7 Å². The Morgan fingerprint density at radius 3 is 2.22 bits per heavy atom. The minimum Gasteiger partial charge on any atom is -0.297 e. The SMILES string of the molecule is O=C(CN1CCN(Cc2ccccc2)CC1)N1N=CC[C@H]1c1ccccc1. The zero-order valence-corrected chi connectivity index (χ0v) is 15.6. The smallest absolute Gasteiger partial charge is 0.257 e. The number of rotatable bonds is 5. The maximum absolute atomic E-state index is 12.8. The maximum Gasteiger partial charge on any atom is 0.257 e. The highest BCUT2D eigenvalue weighted by molar-refractivity contribution is 5.81. The average molecular weight is 362 g/mol. The first-order valence-electron chi connectivity index (χ1n) is 9.68. The zero-order valence-electron chi connectivity index (χ0n) is 15.6. The minimum atomic E-state index is 0.0399. The van der Waals surface area contributed by atoms with E-state index in [0.29, 0.717) is 6.54 Å². The van der Waals surface area contributed by atoms with Crippen molar-refractivity contribution >= 4 is 12.1 Å². The molecule has 1 saturated heterocycles. The van der Waals surface area contributed by atoms with Gasteiger partial charge in [-0.25, -0.2) is 5.01 Å². The number of carbonyl (C=O) groups excluding carboxylic acids is 1. The van der Waals surface area contributed by atoms with Crippen molar-refractivity contribution in [1.82, 2.24) is 14.8 Å². The summed E-state index contributed by atoms with van der Waals surface area (Å²) in [4.78, 5) is 17.5. The second-order valence-electron chi connectivity index (χ2n) is 7.24. The summed E-state index contributed by atoms with van der Waals surface area (Å²) in [5.41, 5.74) is 2.50. The Morgan fingerprint density at radius 2 is 1.52 bits per heavy atom. The lowest BCUT2D eigenvalue weighted by Crippen LogP contribution is -2.49. The molecule has 0 unspecified atom stereocenters. The molecule has 0 aliphatic carbocycles. The molecule has 0 aromatic heterocycles. The summed E-state index contributed by atoms with van der Waals surface area (Å²) in [6.45, 7) is 5.26. The number of hydrogen-bond acceptors (Lipinski definition) is 4. The van der Waals surface area contributed by atoms with Gasteiger partial charge in [-0.3, -0.25) is 14.6 Å². The van der Waals surface area contributed by atoms with Gasteiger partial charge in [0.2, 0.25) is 0 Å². The quantitative estimate of drug-likeness (QED) is 0.821. The van der Waals surface area contributed by atoms with Crippen LogP contribution in [0.2, 0.25) is 0 Å². The van der Waals surface area contributed by atoms with Gasteiger partial charge in [0, 0.05) is 45.4 Å². The van der Waals surface area contributed by atoms with Crippen LogP contribution in [0.3, 0.4) is 0 Å². The Balaban J connectivity index is 1.28. The third-order valence-electron chi connectivity index (χ3n) is 5.34. The first-order valence-corrected chi connectivity index (χ1v) is 9.68. The van der Waals surface area contributed by atoms with Crippen molar-refractivity contribution in [3.05, 3.63) is 71.8 Å². The van der Waals surface area contributed by atoms with Crippen molar-refractivity contribution in [3.63, 3.8) is 0 Å². The van der Waals surface area contributed by atoms with E-state index >= 15 is 0 Å². The Kier molecular flexibility index (Phi) is 5.61. The van der Waals surface area contributed by atoms with Gasteiger partial charge in [0.25, 0.3) is 5.91 Å². The number of benzene rings is 2. The lowest BCUT2D eigenvalue weighted by Gasteiger charge is -2.35. The molecular formula is C22H26N4O. The van der Waals surface area contributed by atoms with Crippen LogP contribution in [0.4, 0.5) is 0 Å². The van der Waals surface area contributed by atoms with Crippen LogP contribution in [0.1, 0.15) is 23.6 Å². The summed E-state index contributed by atoms with van der Waals surface area (Å²) in [7, 11) is 0. The van der Waals surface area contributed by atoms with Gasteiger partial charge in [0.15, 0.2) is 0 Å². The molecule has 4 rings (SSSR count). The van der Waals surface area contributed by atoms with Crippen LogP contribution < -0.4 is 0 Å². The summed E-state index contributed by atoms with van der Waals surface area (Å²) < 4.78 is 0. The van der Waals surface area contributed by atoms with Gasteiger partial charge in [0.1, 0.15) is 0 Å². The van der Waals surface area contributed by atoms with Crippen molar-refractivity contribution in [3.8, 4) is 0 Å². The van der Waals surface area contributed by atoms with Crippen LogP contribution in [-0.2, 0) is 11.3 Å². The van der Waals surface area contributed by atoms with Crippen LogP contribution in [0, 0.1) is 0 Å². The van der Waals surface area contributed by atoms with Gasteiger partial charge in [-0.15, -0.1) is 0 Å². The fourth-order valence-corrected chi connectivity index (χ4v) is 3.82. The molecule has 140 valence electrons. The van der Waals surface area contributed by atoms with Crippen molar-refractivity contribution in [1.29, 1.82) is 0 Å². The van der Waals surface area contributed by atoms with Gasteiger partial charge in [0.05, 0.1) is 12.6 Å². The van der Waals surface area contributed by atoms with E-state index in [1.165, 1.54) is 5.56 Å². The standard InChI is InChI=1S/C22H26N4O/c27-22(26-21(11-12-23-26)20-9-5-2-6-10-20)18-25-15-13-24(14-16-25)17-19-7-3-1-4-8-19/h1-10,12,21H,11,13-18H2/t21-/m0/s1. The van der Waals surface area contributed by atoms with Gasteiger partial charge >= 0.3 is 0 Å². The van der Waals surface area contributed by atoms with E-state index < -0.39 is 0 Å². The molecule has 2 aromatic rings. The molecular weight excluding hydrogens is 336 g/mol. The van der Waals surface area contributed by atoms with Crippen LogP contribution in [0.15, 0.2) is 65.8 Å². The number of hydrogen-bond donors (Lipinski definition) is 0. The predicted octanol–water partition coefficient (Wildman–Crippen LogP) is 2.76. The van der Waals surface area contributed by atoms with E-state index in [1.807, 2.05) is 24.4 Å². The van der Waals surface area contributed by atoms with Crippen LogP contribution >= 0.6 is 0 Å². The fourth-order valence-electron chi connectivity index (χ4n) is 3.82. The molecule has 2 heterocycles. The number of carbonyl (C=O) groups is 1. The van der Waals surface area contributed by atoms with E-state index in [1.54, 1.807) is 5.01 Å². The van der Waals surface area contributed by atoms with Crippen LogP contribution in [-0.4, -0.2) is 59.7 Å². The van der Waals surface area contributed by atoms with Crippen LogP contribution in [0.5, 0.6) is 0 Å². The number of nitrogens with zero attached hydrogens (tertiary/aromatic N) is 4. The zero-order chi connectivity index (χ0) is 18.5. The molecule has 0 radical (unpaired) electrons. The third-order valence-corrected chi connectivity index (χ3v) is 5.34. The van der Waals surface area contributed by atoms with Crippen LogP contribution in [0.25, 0.3) is 0 Å². The van der Waals surface area contributed by atoms with Crippen molar-refractivity contribution in [2.24, 2.45) is 5.10 Å². The van der Waals surface area contributed by atoms with E-state index in [2.05, 4.69) is 57.4 Å². The topological polar surface area (TPSA) is 39.2 Å². The molecule has 0 saturated carbocycles. The van der Waals surface area contributed by atoms with Crippen molar-refractivity contribution in [2.45, 2.75) is 19.0 Å².